The Balaban J connectivity index is 2.08. The standard InChI is InChI=1S/C13H14O2.2CH2.2Al/c1-9-4-5-10-8-13(6-2-3-7-13)12(14)15-11(9)10;;;;/h1,8H,2-7H2;2*1H2;;. The second kappa shape index (κ2) is 5.27. The topological polar surface area (TPSA) is 26.3 Å². The molecule has 0 amide bonds. The maximum atomic E-state index is 12.6. The molecule has 0 aromatic heterocycles. The summed E-state index contributed by atoms with van der Waals surface area (Å²) in [6.45, 7) is 0. The molecule has 2 aliphatic carbocycles. The van der Waals surface area contributed by atoms with Crippen LogP contribution in [0.25, 0.3) is 0 Å². The van der Waals surface area contributed by atoms with Crippen LogP contribution in [0.5, 0.6) is 0 Å². The van der Waals surface area contributed by atoms with Crippen molar-refractivity contribution in [3.8, 4) is 0 Å². The Morgan fingerprint density at radius 1 is 1.26 bits per heavy atom. The summed E-state index contributed by atoms with van der Waals surface area (Å²) in [7, 11) is 0. The first-order valence-electron chi connectivity index (χ1n) is 7.13. The van der Waals surface area contributed by atoms with E-state index in [1.54, 1.807) is 0 Å². The number of hydrogen-bond acceptors (Lipinski definition) is 2. The number of carbonyl (C=O) groups is 1. The van der Waals surface area contributed by atoms with Gasteiger partial charge in [-0.1, -0.05) is 0 Å². The van der Waals surface area contributed by atoms with Crippen LogP contribution in [0.1, 0.15) is 38.5 Å². The molecule has 0 radical (unpaired) electrons. The number of carbonyl (C=O) groups excluding carboxylic acids is 1. The van der Waals surface area contributed by atoms with E-state index in [0.29, 0.717) is 4.78 Å². The van der Waals surface area contributed by atoms with Crippen molar-refractivity contribution in [1.29, 1.82) is 0 Å². The van der Waals surface area contributed by atoms with Crippen LogP contribution in [0.4, 0.5) is 0 Å². The van der Waals surface area contributed by atoms with E-state index in [1.807, 2.05) is 0 Å². The van der Waals surface area contributed by atoms with Gasteiger partial charge in [0.25, 0.3) is 0 Å². The fourth-order valence-corrected chi connectivity index (χ4v) is 6.10. The zero-order chi connectivity index (χ0) is 13.5. The fourth-order valence-electron chi connectivity index (χ4n) is 3.98. The minimum atomic E-state index is -0.206. The monoisotopic (exact) mass is 284 g/mol. The zero-order valence-corrected chi connectivity index (χ0v) is 13.6. The Morgan fingerprint density at radius 2 is 2.00 bits per heavy atom. The van der Waals surface area contributed by atoms with Crippen LogP contribution in [0, 0.1) is 5.41 Å². The first-order chi connectivity index (χ1) is 9.23. The van der Waals surface area contributed by atoms with E-state index in [0.717, 1.165) is 31.4 Å². The van der Waals surface area contributed by atoms with E-state index in [1.165, 1.54) is 24.0 Å². The second-order valence-corrected chi connectivity index (χ2v) is 7.69. The summed E-state index contributed by atoms with van der Waals surface area (Å²) < 4.78 is 6.19. The van der Waals surface area contributed by atoms with Gasteiger partial charge in [0.15, 0.2) is 0 Å². The number of rotatable bonds is 2. The van der Waals surface area contributed by atoms with E-state index in [4.69, 9.17) is 4.74 Å². The van der Waals surface area contributed by atoms with Gasteiger partial charge in [0.1, 0.15) is 0 Å². The molecule has 4 heteroatoms. The van der Waals surface area contributed by atoms with E-state index in [2.05, 4.69) is 15.7 Å². The minimum absolute atomic E-state index is 0.0384. The van der Waals surface area contributed by atoms with Crippen molar-refractivity contribution < 1.29 is 9.53 Å². The van der Waals surface area contributed by atoms with Gasteiger partial charge in [0.2, 0.25) is 0 Å². The van der Waals surface area contributed by atoms with Crippen LogP contribution in [0.2, 0.25) is 4.78 Å². The van der Waals surface area contributed by atoms with E-state index < -0.39 is 0 Å². The third-order valence-electron chi connectivity index (χ3n) is 4.87. The van der Waals surface area contributed by atoms with Gasteiger partial charge in [0, 0.05) is 0 Å². The maximum absolute atomic E-state index is 12.6. The molecule has 1 heterocycles. The summed E-state index contributed by atoms with van der Waals surface area (Å²) in [5.41, 5.74) is 2.44. The summed E-state index contributed by atoms with van der Waals surface area (Å²) in [5.74, 6) is 0.955. The molecule has 96 valence electrons. The third-order valence-corrected chi connectivity index (χ3v) is 7.02. The molecular formula is C15H18Al2O2. The predicted octanol–water partition coefficient (Wildman–Crippen LogP) is 2.10. The first kappa shape index (κ1) is 13.7. The molecule has 1 spiro atoms. The van der Waals surface area contributed by atoms with Gasteiger partial charge in [-0.3, -0.25) is 0 Å². The molecule has 19 heavy (non-hydrogen) atoms. The van der Waals surface area contributed by atoms with E-state index >= 15 is 0 Å². The predicted molar refractivity (Wildman–Crippen MR) is 80.8 cm³/mol. The van der Waals surface area contributed by atoms with Crippen molar-refractivity contribution >= 4 is 46.3 Å². The molecule has 0 aromatic rings. The van der Waals surface area contributed by atoms with Crippen LogP contribution in [0.3, 0.4) is 0 Å². The molecule has 0 aromatic carbocycles. The fraction of sp³-hybridized carbons (Fsp3) is 0.533. The number of ether oxygens (including phenoxy) is 1. The molecule has 1 atom stereocenters. The number of allylic oxidation sites excluding steroid dienone is 2. The molecule has 1 aliphatic heterocycles. The molecule has 1 unspecified atom stereocenters. The van der Waals surface area contributed by atoms with Gasteiger partial charge in [-0.2, -0.15) is 0 Å². The van der Waals surface area contributed by atoms with Gasteiger partial charge in [-0.25, -0.2) is 0 Å². The second-order valence-electron chi connectivity index (χ2n) is 5.75. The molecule has 1 fully saturated rings. The van der Waals surface area contributed by atoms with Crippen LogP contribution in [-0.2, 0) is 9.53 Å². The SMILES string of the molecule is [CH2]=[Al]/[CH]=C1\CCC2=C1OC(=O)C1(CCCC1)[CH]2[Al]=[CH2]. The summed E-state index contributed by atoms with van der Waals surface area (Å²) in [4.78, 5) is 14.8. The van der Waals surface area contributed by atoms with Gasteiger partial charge < -0.3 is 0 Å². The van der Waals surface area contributed by atoms with Crippen LogP contribution in [-0.4, -0.2) is 46.3 Å². The Labute approximate surface area is 126 Å². The molecule has 1 saturated carbocycles. The summed E-state index contributed by atoms with van der Waals surface area (Å²) in [6.07, 6.45) is 6.46. The third kappa shape index (κ3) is 2.02. The van der Waals surface area contributed by atoms with Crippen molar-refractivity contribution in [2.75, 3.05) is 0 Å². The quantitative estimate of drug-likeness (QED) is 0.573. The Bertz CT molecular complexity index is 510. The molecule has 3 rings (SSSR count). The molecular weight excluding hydrogens is 266 g/mol. The molecule has 0 N–H and O–H groups in total. The van der Waals surface area contributed by atoms with Crippen molar-refractivity contribution in [1.82, 2.24) is 0 Å². The summed E-state index contributed by atoms with van der Waals surface area (Å²) in [5, 5.41) is 8.16. The van der Waals surface area contributed by atoms with Crippen molar-refractivity contribution in [2.24, 2.45) is 5.41 Å². The zero-order valence-electron chi connectivity index (χ0n) is 11.3. The van der Waals surface area contributed by atoms with E-state index in [9.17, 15) is 4.79 Å². The summed E-state index contributed by atoms with van der Waals surface area (Å²) in [6, 6.07) is 0. The summed E-state index contributed by atoms with van der Waals surface area (Å²) >= 11 is 0.118. The van der Waals surface area contributed by atoms with Crippen LogP contribution < -0.4 is 0 Å². The van der Waals surface area contributed by atoms with Crippen LogP contribution >= 0.6 is 0 Å². The van der Waals surface area contributed by atoms with Crippen molar-refractivity contribution in [2.45, 2.75) is 43.3 Å². The molecule has 2 nitrogen and oxygen atoms in total. The number of esters is 1. The molecule has 0 saturated heterocycles. The van der Waals surface area contributed by atoms with Crippen molar-refractivity contribution in [3.63, 3.8) is 0 Å². The Kier molecular flexibility index (Phi) is 3.81. The number of hydrogen-bond donors (Lipinski definition) is 0. The van der Waals surface area contributed by atoms with Gasteiger partial charge in [0.05, 0.1) is 0 Å². The first-order valence-corrected chi connectivity index (χ1v) is 10.1. The van der Waals surface area contributed by atoms with Crippen LogP contribution in [0.15, 0.2) is 21.8 Å². The normalized spacial score (nSPS) is 30.2. The molecule has 0 bridgehead atoms. The van der Waals surface area contributed by atoms with Gasteiger partial charge in [-0.05, 0) is 0 Å². The molecule has 3 aliphatic rings. The average Bonchev–Trinajstić information content (AvgIpc) is 3.02. The Hall–Kier alpha value is -0.245. The van der Waals surface area contributed by atoms with E-state index in [-0.39, 0.29) is 40.9 Å². The average molecular weight is 284 g/mol. The Morgan fingerprint density at radius 3 is 2.63 bits per heavy atom. The van der Waals surface area contributed by atoms with Gasteiger partial charge in [-0.15, -0.1) is 0 Å². The van der Waals surface area contributed by atoms with Crippen molar-refractivity contribution in [3.05, 3.63) is 21.8 Å². The van der Waals surface area contributed by atoms with Gasteiger partial charge >= 0.3 is 126 Å².